The zero-order valence-electron chi connectivity index (χ0n) is 19.8. The highest BCUT2D eigenvalue weighted by Crippen LogP contribution is 2.48. The Kier molecular flexibility index (Phi) is 12.0. The Morgan fingerprint density at radius 3 is 2.00 bits per heavy atom. The Morgan fingerprint density at radius 2 is 1.52 bits per heavy atom. The Balaban J connectivity index is 2.65. The van der Waals surface area contributed by atoms with Gasteiger partial charge in [0.2, 0.25) is 0 Å². The second kappa shape index (κ2) is 12.8. The molecule has 0 aliphatic heterocycles. The van der Waals surface area contributed by atoms with Crippen LogP contribution in [0.2, 0.25) is 0 Å². The van der Waals surface area contributed by atoms with Gasteiger partial charge >= 0.3 is 0 Å². The third-order valence-corrected chi connectivity index (χ3v) is 8.22. The zero-order chi connectivity index (χ0) is 20.4. The molecule has 0 amide bonds. The molecule has 5 unspecified atom stereocenters. The van der Waals surface area contributed by atoms with E-state index in [0.29, 0.717) is 5.41 Å². The van der Waals surface area contributed by atoms with Gasteiger partial charge in [-0.3, -0.25) is 0 Å². The van der Waals surface area contributed by atoms with Gasteiger partial charge in [0.1, 0.15) is 0 Å². The van der Waals surface area contributed by atoms with E-state index in [1.54, 1.807) is 0 Å². The van der Waals surface area contributed by atoms with Gasteiger partial charge in [-0.25, -0.2) is 0 Å². The van der Waals surface area contributed by atoms with Crippen LogP contribution in [0.4, 0.5) is 0 Å². The second-order valence-corrected chi connectivity index (χ2v) is 11.4. The molecule has 0 aromatic carbocycles. The number of halogens is 1. The highest BCUT2D eigenvalue weighted by atomic mass is 35.5. The normalized spacial score (nSPS) is 25.1. The van der Waals surface area contributed by atoms with Crippen LogP contribution < -0.4 is 0 Å². The summed E-state index contributed by atoms with van der Waals surface area (Å²) in [6.07, 6.45) is 16.9. The van der Waals surface area contributed by atoms with Crippen molar-refractivity contribution in [2.75, 3.05) is 0 Å². The molecule has 0 heterocycles. The van der Waals surface area contributed by atoms with Crippen molar-refractivity contribution in [3.63, 3.8) is 0 Å². The van der Waals surface area contributed by atoms with Gasteiger partial charge < -0.3 is 0 Å². The van der Waals surface area contributed by atoms with Gasteiger partial charge in [0, 0.05) is 5.38 Å². The fourth-order valence-corrected chi connectivity index (χ4v) is 6.44. The number of rotatable bonds is 14. The maximum absolute atomic E-state index is 6.90. The maximum Gasteiger partial charge on any atom is 0.0366 e. The molecular formula is C26H51Cl. The molecule has 0 bridgehead atoms. The van der Waals surface area contributed by atoms with Crippen LogP contribution in [0.15, 0.2) is 0 Å². The Hall–Kier alpha value is 0.290. The lowest BCUT2D eigenvalue weighted by molar-refractivity contribution is 0.0902. The molecule has 1 heteroatoms. The first-order valence-electron chi connectivity index (χ1n) is 12.4. The summed E-state index contributed by atoms with van der Waals surface area (Å²) < 4.78 is 0. The molecular weight excluding hydrogens is 348 g/mol. The van der Waals surface area contributed by atoms with Gasteiger partial charge in [-0.1, -0.05) is 86.5 Å². The minimum absolute atomic E-state index is 0.280. The molecule has 1 aliphatic rings. The van der Waals surface area contributed by atoms with Crippen molar-refractivity contribution < 1.29 is 0 Å². The van der Waals surface area contributed by atoms with Gasteiger partial charge in [0.05, 0.1) is 0 Å². The first-order chi connectivity index (χ1) is 12.7. The van der Waals surface area contributed by atoms with Gasteiger partial charge in [0.25, 0.3) is 0 Å². The van der Waals surface area contributed by atoms with E-state index < -0.39 is 0 Å². The summed E-state index contributed by atoms with van der Waals surface area (Å²) in [4.78, 5) is 0. The molecule has 1 aliphatic carbocycles. The standard InChI is InChI=1S/C26H51Cl/c1-8-23-15-16-24(18-23)12-10-11-13-25(17-14-20(3)4)26(9-2,22(7)27)19-21(5)6/h20-25H,8-19H2,1-7H3. The van der Waals surface area contributed by atoms with Gasteiger partial charge in [-0.05, 0) is 74.0 Å². The van der Waals surface area contributed by atoms with Crippen LogP contribution in [0.5, 0.6) is 0 Å². The number of unbranched alkanes of at least 4 members (excludes halogenated alkanes) is 1. The molecule has 1 rings (SSSR count). The lowest BCUT2D eigenvalue weighted by Crippen LogP contribution is -2.39. The van der Waals surface area contributed by atoms with Crippen molar-refractivity contribution in [1.29, 1.82) is 0 Å². The average Bonchev–Trinajstić information content (AvgIpc) is 3.06. The first-order valence-corrected chi connectivity index (χ1v) is 12.8. The molecule has 0 spiro atoms. The van der Waals surface area contributed by atoms with E-state index in [1.807, 2.05) is 0 Å². The third kappa shape index (κ3) is 8.28. The summed E-state index contributed by atoms with van der Waals surface area (Å²) in [6.45, 7) is 16.6. The smallest absolute Gasteiger partial charge is 0.0366 e. The first kappa shape index (κ1) is 25.3. The van der Waals surface area contributed by atoms with Crippen LogP contribution in [-0.4, -0.2) is 5.38 Å². The summed E-state index contributed by atoms with van der Waals surface area (Å²) in [5.74, 6) is 4.40. The summed E-state index contributed by atoms with van der Waals surface area (Å²) >= 11 is 6.90. The molecule has 27 heavy (non-hydrogen) atoms. The van der Waals surface area contributed by atoms with Crippen LogP contribution in [0, 0.1) is 35.0 Å². The van der Waals surface area contributed by atoms with Crippen LogP contribution >= 0.6 is 11.6 Å². The highest BCUT2D eigenvalue weighted by Gasteiger charge is 2.41. The van der Waals surface area contributed by atoms with Gasteiger partial charge in [-0.2, -0.15) is 0 Å². The van der Waals surface area contributed by atoms with Gasteiger partial charge in [-0.15, -0.1) is 11.6 Å². The molecule has 5 atom stereocenters. The van der Waals surface area contributed by atoms with Crippen molar-refractivity contribution in [3.05, 3.63) is 0 Å². The fourth-order valence-electron chi connectivity index (χ4n) is 6.02. The topological polar surface area (TPSA) is 0 Å². The average molecular weight is 399 g/mol. The number of hydrogen-bond donors (Lipinski definition) is 0. The molecule has 0 aromatic rings. The quantitative estimate of drug-likeness (QED) is 0.202. The van der Waals surface area contributed by atoms with Crippen LogP contribution in [-0.2, 0) is 0 Å². The lowest BCUT2D eigenvalue weighted by Gasteiger charge is -2.45. The minimum Gasteiger partial charge on any atom is -0.123 e. The summed E-state index contributed by atoms with van der Waals surface area (Å²) in [5.41, 5.74) is 0.325. The molecule has 0 nitrogen and oxygen atoms in total. The lowest BCUT2D eigenvalue weighted by atomic mass is 9.63. The van der Waals surface area contributed by atoms with E-state index >= 15 is 0 Å². The van der Waals surface area contributed by atoms with E-state index in [0.717, 1.165) is 29.6 Å². The fraction of sp³-hybridized carbons (Fsp3) is 1.00. The minimum atomic E-state index is 0.280. The van der Waals surface area contributed by atoms with Crippen molar-refractivity contribution >= 4 is 11.6 Å². The van der Waals surface area contributed by atoms with Crippen LogP contribution in [0.25, 0.3) is 0 Å². The molecule has 0 aromatic heterocycles. The molecule has 0 saturated heterocycles. The second-order valence-electron chi connectivity index (χ2n) is 10.7. The van der Waals surface area contributed by atoms with Crippen molar-refractivity contribution in [2.45, 2.75) is 131 Å². The summed E-state index contributed by atoms with van der Waals surface area (Å²) in [7, 11) is 0. The summed E-state index contributed by atoms with van der Waals surface area (Å²) in [5, 5.41) is 0.280. The molecule has 1 fully saturated rings. The third-order valence-electron chi connectivity index (χ3n) is 7.79. The van der Waals surface area contributed by atoms with E-state index in [4.69, 9.17) is 11.6 Å². The van der Waals surface area contributed by atoms with E-state index in [2.05, 4.69) is 48.5 Å². The molecule has 0 N–H and O–H groups in total. The van der Waals surface area contributed by atoms with Gasteiger partial charge in [0.15, 0.2) is 0 Å². The van der Waals surface area contributed by atoms with Crippen molar-refractivity contribution in [2.24, 2.45) is 35.0 Å². The Labute approximate surface area is 177 Å². The van der Waals surface area contributed by atoms with Crippen LogP contribution in [0.3, 0.4) is 0 Å². The summed E-state index contributed by atoms with van der Waals surface area (Å²) in [6, 6.07) is 0. The predicted molar refractivity (Wildman–Crippen MR) is 125 cm³/mol. The monoisotopic (exact) mass is 398 g/mol. The number of hydrogen-bond acceptors (Lipinski definition) is 0. The molecule has 162 valence electrons. The van der Waals surface area contributed by atoms with E-state index in [-0.39, 0.29) is 5.38 Å². The highest BCUT2D eigenvalue weighted by molar-refractivity contribution is 6.20. The maximum atomic E-state index is 6.90. The molecule has 0 radical (unpaired) electrons. The SMILES string of the molecule is CCC1CCC(CCCCC(CCC(C)C)C(CC)(CC(C)C)C(C)Cl)C1. The Morgan fingerprint density at radius 1 is 0.852 bits per heavy atom. The van der Waals surface area contributed by atoms with Crippen molar-refractivity contribution in [3.8, 4) is 0 Å². The van der Waals surface area contributed by atoms with E-state index in [1.165, 1.54) is 77.0 Å². The predicted octanol–water partition coefficient (Wildman–Crippen LogP) is 9.50. The molecule has 1 saturated carbocycles. The van der Waals surface area contributed by atoms with Crippen LogP contribution in [0.1, 0.15) is 126 Å². The largest absolute Gasteiger partial charge is 0.123 e. The Bertz CT molecular complexity index is 372. The zero-order valence-corrected chi connectivity index (χ0v) is 20.6. The van der Waals surface area contributed by atoms with E-state index in [9.17, 15) is 0 Å². The van der Waals surface area contributed by atoms with Crippen molar-refractivity contribution in [1.82, 2.24) is 0 Å². The number of alkyl halides is 1.